The molecule has 1 aromatic carbocycles. The van der Waals surface area contributed by atoms with Crippen molar-refractivity contribution in [2.75, 3.05) is 32.1 Å². The number of esters is 1. The first-order chi connectivity index (χ1) is 9.64. The molecular weight excluding hydrogens is 276 g/mol. The Morgan fingerprint density at radius 1 is 1.40 bits per heavy atom. The molecule has 2 bridgehead atoms. The number of benzene rings is 1. The molecule has 2 heterocycles. The number of hydrogen-bond donors (Lipinski definition) is 1. The SMILES string of the molecule is COC(=O)C1(Nc2ccc(Cl)cc2)CCN2CCC1C2. The lowest BCUT2D eigenvalue weighted by molar-refractivity contribution is -0.149. The van der Waals surface area contributed by atoms with Gasteiger partial charge in [-0.15, -0.1) is 0 Å². The number of carbonyl (C=O) groups excluding carboxylic acids is 1. The van der Waals surface area contributed by atoms with Crippen LogP contribution in [-0.2, 0) is 9.53 Å². The average Bonchev–Trinajstić information content (AvgIpc) is 2.88. The van der Waals surface area contributed by atoms with Crippen LogP contribution in [0, 0.1) is 5.92 Å². The van der Waals surface area contributed by atoms with E-state index in [1.165, 1.54) is 7.11 Å². The topological polar surface area (TPSA) is 41.6 Å². The monoisotopic (exact) mass is 294 g/mol. The van der Waals surface area contributed by atoms with Gasteiger partial charge in [0.1, 0.15) is 5.54 Å². The number of hydrogen-bond acceptors (Lipinski definition) is 4. The van der Waals surface area contributed by atoms with Gasteiger partial charge in [0.2, 0.25) is 0 Å². The molecule has 0 aromatic heterocycles. The summed E-state index contributed by atoms with van der Waals surface area (Å²) < 4.78 is 5.09. The number of anilines is 1. The van der Waals surface area contributed by atoms with E-state index in [1.807, 2.05) is 24.3 Å². The van der Waals surface area contributed by atoms with E-state index in [0.29, 0.717) is 10.9 Å². The summed E-state index contributed by atoms with van der Waals surface area (Å²) >= 11 is 5.92. The van der Waals surface area contributed by atoms with Crippen LogP contribution in [0.25, 0.3) is 0 Å². The fourth-order valence-corrected chi connectivity index (χ4v) is 3.56. The largest absolute Gasteiger partial charge is 0.467 e. The predicted molar refractivity (Wildman–Crippen MR) is 79.0 cm³/mol. The minimum absolute atomic E-state index is 0.154. The minimum Gasteiger partial charge on any atom is -0.467 e. The molecule has 0 saturated carbocycles. The molecule has 3 rings (SSSR count). The highest BCUT2D eigenvalue weighted by molar-refractivity contribution is 6.30. The number of halogens is 1. The molecule has 0 amide bonds. The molecule has 3 atom stereocenters. The molecule has 1 aromatic rings. The quantitative estimate of drug-likeness (QED) is 0.869. The summed E-state index contributed by atoms with van der Waals surface area (Å²) in [6, 6.07) is 7.49. The van der Waals surface area contributed by atoms with Crippen LogP contribution in [0.3, 0.4) is 0 Å². The molecule has 3 unspecified atom stereocenters. The third-order valence-electron chi connectivity index (χ3n) is 4.55. The van der Waals surface area contributed by atoms with Gasteiger partial charge in [0.25, 0.3) is 0 Å². The fraction of sp³-hybridized carbons (Fsp3) is 0.533. The Bertz CT molecular complexity index is 505. The molecule has 5 heteroatoms. The van der Waals surface area contributed by atoms with Gasteiger partial charge in [-0.2, -0.15) is 0 Å². The maximum Gasteiger partial charge on any atom is 0.331 e. The van der Waals surface area contributed by atoms with Gasteiger partial charge in [-0.3, -0.25) is 0 Å². The Labute approximate surface area is 124 Å². The Hall–Kier alpha value is -1.26. The van der Waals surface area contributed by atoms with Crippen molar-refractivity contribution >= 4 is 23.3 Å². The van der Waals surface area contributed by atoms with E-state index in [9.17, 15) is 4.79 Å². The first kappa shape index (κ1) is 13.7. The van der Waals surface area contributed by atoms with Crippen LogP contribution >= 0.6 is 11.6 Å². The van der Waals surface area contributed by atoms with Crippen molar-refractivity contribution in [3.63, 3.8) is 0 Å². The summed E-state index contributed by atoms with van der Waals surface area (Å²) in [6.45, 7) is 2.98. The molecule has 2 aliphatic heterocycles. The van der Waals surface area contributed by atoms with Crippen molar-refractivity contribution in [2.24, 2.45) is 5.92 Å². The predicted octanol–water partition coefficient (Wildman–Crippen LogP) is 2.39. The molecule has 20 heavy (non-hydrogen) atoms. The van der Waals surface area contributed by atoms with Gasteiger partial charge in [0.05, 0.1) is 7.11 Å². The summed E-state index contributed by atoms with van der Waals surface area (Å²) in [4.78, 5) is 14.8. The van der Waals surface area contributed by atoms with Gasteiger partial charge in [-0.25, -0.2) is 4.79 Å². The summed E-state index contributed by atoms with van der Waals surface area (Å²) in [7, 11) is 1.47. The number of nitrogens with one attached hydrogen (secondary N) is 1. The number of carbonyl (C=O) groups is 1. The lowest BCUT2D eigenvalue weighted by atomic mass is 9.78. The molecular formula is C15H19ClN2O2. The lowest BCUT2D eigenvalue weighted by Gasteiger charge is -2.41. The minimum atomic E-state index is -0.602. The summed E-state index contributed by atoms with van der Waals surface area (Å²) in [5, 5.41) is 4.13. The number of nitrogens with zero attached hydrogens (tertiary/aromatic N) is 1. The van der Waals surface area contributed by atoms with E-state index in [-0.39, 0.29) is 5.97 Å². The Balaban J connectivity index is 1.90. The Morgan fingerprint density at radius 3 is 2.85 bits per heavy atom. The van der Waals surface area contributed by atoms with E-state index in [1.54, 1.807) is 0 Å². The van der Waals surface area contributed by atoms with Crippen molar-refractivity contribution in [3.8, 4) is 0 Å². The molecule has 1 N–H and O–H groups in total. The second-order valence-electron chi connectivity index (χ2n) is 5.63. The van der Waals surface area contributed by atoms with E-state index in [4.69, 9.17) is 16.3 Å². The number of ether oxygens (including phenoxy) is 1. The van der Waals surface area contributed by atoms with Gasteiger partial charge in [-0.05, 0) is 43.7 Å². The maximum absolute atomic E-state index is 12.4. The second kappa shape index (κ2) is 5.26. The van der Waals surface area contributed by atoms with Crippen LogP contribution in [0.4, 0.5) is 5.69 Å². The fourth-order valence-electron chi connectivity index (χ4n) is 3.43. The summed E-state index contributed by atoms with van der Waals surface area (Å²) in [5.74, 6) is 0.151. The number of rotatable bonds is 3. The van der Waals surface area contributed by atoms with Crippen molar-refractivity contribution in [3.05, 3.63) is 29.3 Å². The smallest absolute Gasteiger partial charge is 0.331 e. The third-order valence-corrected chi connectivity index (χ3v) is 4.80. The zero-order valence-electron chi connectivity index (χ0n) is 11.6. The van der Waals surface area contributed by atoms with Crippen molar-refractivity contribution < 1.29 is 9.53 Å². The van der Waals surface area contributed by atoms with Crippen molar-refractivity contribution in [1.29, 1.82) is 0 Å². The molecule has 0 radical (unpaired) electrons. The van der Waals surface area contributed by atoms with Crippen LogP contribution in [0.2, 0.25) is 5.02 Å². The van der Waals surface area contributed by atoms with Gasteiger partial charge in [-0.1, -0.05) is 11.6 Å². The van der Waals surface area contributed by atoms with Crippen molar-refractivity contribution in [2.45, 2.75) is 18.4 Å². The molecule has 2 aliphatic rings. The first-order valence-electron chi connectivity index (χ1n) is 6.98. The maximum atomic E-state index is 12.4. The van der Waals surface area contributed by atoms with Crippen LogP contribution in [0.5, 0.6) is 0 Å². The number of fused-ring (bicyclic) bond motifs is 2. The van der Waals surface area contributed by atoms with Gasteiger partial charge >= 0.3 is 5.97 Å². The lowest BCUT2D eigenvalue weighted by Crippen LogP contribution is -2.57. The molecule has 2 saturated heterocycles. The van der Waals surface area contributed by atoms with E-state index >= 15 is 0 Å². The highest BCUT2D eigenvalue weighted by Gasteiger charge is 2.52. The summed E-state index contributed by atoms with van der Waals surface area (Å²) in [5.41, 5.74) is 0.315. The highest BCUT2D eigenvalue weighted by atomic mass is 35.5. The van der Waals surface area contributed by atoms with Gasteiger partial charge in [0, 0.05) is 29.7 Å². The van der Waals surface area contributed by atoms with Gasteiger partial charge in [0.15, 0.2) is 0 Å². The Morgan fingerprint density at radius 2 is 2.15 bits per heavy atom. The summed E-state index contributed by atoms with van der Waals surface area (Å²) in [6.07, 6.45) is 1.82. The van der Waals surface area contributed by atoms with E-state index in [2.05, 4.69) is 10.2 Å². The van der Waals surface area contributed by atoms with Crippen LogP contribution in [-0.4, -0.2) is 43.2 Å². The standard InChI is InChI=1S/C15H19ClN2O2/c1-20-14(19)15(7-9-18-8-6-11(15)10-18)17-13-4-2-12(16)3-5-13/h2-5,11,17H,6-10H2,1H3. The zero-order chi connectivity index (χ0) is 14.2. The molecule has 108 valence electrons. The second-order valence-corrected chi connectivity index (χ2v) is 6.07. The van der Waals surface area contributed by atoms with E-state index in [0.717, 1.165) is 38.2 Å². The highest BCUT2D eigenvalue weighted by Crippen LogP contribution is 2.39. The average molecular weight is 295 g/mol. The molecule has 2 fully saturated rings. The molecule has 4 nitrogen and oxygen atoms in total. The number of methoxy groups -OCH3 is 1. The molecule has 0 aliphatic carbocycles. The van der Waals surface area contributed by atoms with Gasteiger partial charge < -0.3 is 15.0 Å². The Kier molecular flexibility index (Phi) is 3.61. The van der Waals surface area contributed by atoms with E-state index < -0.39 is 5.54 Å². The zero-order valence-corrected chi connectivity index (χ0v) is 12.3. The normalized spacial score (nSPS) is 31.9. The number of piperidine rings is 1. The first-order valence-corrected chi connectivity index (χ1v) is 7.36. The molecule has 0 spiro atoms. The van der Waals surface area contributed by atoms with Crippen LogP contribution < -0.4 is 5.32 Å². The third kappa shape index (κ3) is 2.27. The van der Waals surface area contributed by atoms with Crippen LogP contribution in [0.15, 0.2) is 24.3 Å². The van der Waals surface area contributed by atoms with Crippen molar-refractivity contribution in [1.82, 2.24) is 4.90 Å². The van der Waals surface area contributed by atoms with Crippen LogP contribution in [0.1, 0.15) is 12.8 Å².